The summed E-state index contributed by atoms with van der Waals surface area (Å²) in [6, 6.07) is 8.62. The average Bonchev–Trinajstić information content (AvgIpc) is 2.84. The molecule has 0 aromatic heterocycles. The van der Waals surface area contributed by atoms with Crippen LogP contribution in [0.3, 0.4) is 0 Å². The van der Waals surface area contributed by atoms with E-state index < -0.39 is 5.91 Å². The van der Waals surface area contributed by atoms with Crippen molar-refractivity contribution in [2.45, 2.75) is 19.8 Å². The van der Waals surface area contributed by atoms with Crippen molar-refractivity contribution in [3.8, 4) is 17.2 Å². The number of carbonyl (C=O) groups excluding carboxylic acids is 2. The SMILES string of the molecule is COc1ccc(C=C(NC(=O)c2cc(I)ccc2Cl)C(=O)N2CCC(C)CC2)c(OC)c1OC. The molecule has 2 amide bonds. The van der Waals surface area contributed by atoms with Crippen LogP contribution in [-0.4, -0.2) is 51.1 Å². The van der Waals surface area contributed by atoms with Crippen molar-refractivity contribution in [1.29, 1.82) is 0 Å². The molecular formula is C25H28ClIN2O5. The Labute approximate surface area is 218 Å². The Morgan fingerprint density at radius 2 is 1.74 bits per heavy atom. The zero-order chi connectivity index (χ0) is 24.8. The van der Waals surface area contributed by atoms with E-state index in [9.17, 15) is 9.59 Å². The molecule has 0 aliphatic carbocycles. The lowest BCUT2D eigenvalue weighted by Crippen LogP contribution is -2.42. The molecule has 2 aromatic rings. The maximum Gasteiger partial charge on any atom is 0.270 e. The third kappa shape index (κ3) is 5.96. The quantitative estimate of drug-likeness (QED) is 0.359. The molecule has 1 heterocycles. The van der Waals surface area contributed by atoms with Crippen molar-refractivity contribution in [2.24, 2.45) is 5.92 Å². The number of amides is 2. The lowest BCUT2D eigenvalue weighted by molar-refractivity contribution is -0.128. The number of benzene rings is 2. The summed E-state index contributed by atoms with van der Waals surface area (Å²) in [5.74, 6) is 1.10. The summed E-state index contributed by atoms with van der Waals surface area (Å²) in [4.78, 5) is 28.4. The number of hydrogen-bond acceptors (Lipinski definition) is 5. The van der Waals surface area contributed by atoms with E-state index in [0.717, 1.165) is 16.4 Å². The van der Waals surface area contributed by atoms with Gasteiger partial charge in [0.05, 0.1) is 31.9 Å². The van der Waals surface area contributed by atoms with Crippen LogP contribution in [0.4, 0.5) is 0 Å². The van der Waals surface area contributed by atoms with E-state index in [0.29, 0.717) is 52.4 Å². The summed E-state index contributed by atoms with van der Waals surface area (Å²) in [7, 11) is 4.55. The van der Waals surface area contributed by atoms with Crippen LogP contribution in [-0.2, 0) is 4.79 Å². The zero-order valence-corrected chi connectivity index (χ0v) is 22.5. The highest BCUT2D eigenvalue weighted by Gasteiger charge is 2.26. The second-order valence-corrected chi connectivity index (χ2v) is 9.69. The number of piperidine rings is 1. The molecule has 182 valence electrons. The summed E-state index contributed by atoms with van der Waals surface area (Å²) in [6.45, 7) is 3.43. The van der Waals surface area contributed by atoms with Crippen molar-refractivity contribution < 1.29 is 23.8 Å². The number of hydrogen-bond donors (Lipinski definition) is 1. The summed E-state index contributed by atoms with van der Waals surface area (Å²) in [5, 5.41) is 3.10. The van der Waals surface area contributed by atoms with E-state index >= 15 is 0 Å². The summed E-state index contributed by atoms with van der Waals surface area (Å²) in [6.07, 6.45) is 3.42. The second-order valence-electron chi connectivity index (χ2n) is 8.03. The molecule has 1 aliphatic rings. The Bertz CT molecular complexity index is 1100. The lowest BCUT2D eigenvalue weighted by atomic mass is 9.99. The Hall–Kier alpha value is -2.46. The van der Waals surface area contributed by atoms with Crippen LogP contribution < -0.4 is 19.5 Å². The van der Waals surface area contributed by atoms with Crippen molar-refractivity contribution in [2.75, 3.05) is 34.4 Å². The van der Waals surface area contributed by atoms with E-state index in [1.165, 1.54) is 21.3 Å². The van der Waals surface area contributed by atoms with Crippen molar-refractivity contribution in [3.63, 3.8) is 0 Å². The summed E-state index contributed by atoms with van der Waals surface area (Å²) < 4.78 is 17.2. The van der Waals surface area contributed by atoms with Crippen LogP contribution >= 0.6 is 34.2 Å². The van der Waals surface area contributed by atoms with E-state index in [4.69, 9.17) is 25.8 Å². The van der Waals surface area contributed by atoms with Crippen molar-refractivity contribution in [1.82, 2.24) is 10.2 Å². The number of ether oxygens (including phenoxy) is 3. The smallest absolute Gasteiger partial charge is 0.270 e. The molecule has 0 radical (unpaired) electrons. The molecular weight excluding hydrogens is 571 g/mol. The molecule has 0 saturated carbocycles. The molecule has 1 saturated heterocycles. The summed E-state index contributed by atoms with van der Waals surface area (Å²) >= 11 is 8.38. The molecule has 0 atom stereocenters. The number of halogens is 2. The monoisotopic (exact) mass is 598 g/mol. The molecule has 0 bridgehead atoms. The van der Waals surface area contributed by atoms with Gasteiger partial charge in [-0.1, -0.05) is 18.5 Å². The first kappa shape index (κ1) is 26.2. The largest absolute Gasteiger partial charge is 0.493 e. The average molecular weight is 599 g/mol. The number of methoxy groups -OCH3 is 3. The van der Waals surface area contributed by atoms with Gasteiger partial charge in [-0.2, -0.15) is 0 Å². The second kappa shape index (κ2) is 11.8. The van der Waals surface area contributed by atoms with Gasteiger partial charge in [0, 0.05) is 22.2 Å². The van der Waals surface area contributed by atoms with Crippen LogP contribution in [0.25, 0.3) is 6.08 Å². The fourth-order valence-corrected chi connectivity index (χ4v) is 4.48. The highest BCUT2D eigenvalue weighted by molar-refractivity contribution is 14.1. The molecule has 1 fully saturated rings. The first-order valence-electron chi connectivity index (χ1n) is 10.8. The summed E-state index contributed by atoms with van der Waals surface area (Å²) in [5.41, 5.74) is 0.974. The van der Waals surface area contributed by atoms with Gasteiger partial charge in [-0.15, -0.1) is 0 Å². The molecule has 2 aromatic carbocycles. The third-order valence-electron chi connectivity index (χ3n) is 5.76. The number of carbonyl (C=O) groups is 2. The molecule has 0 unspecified atom stereocenters. The van der Waals surface area contributed by atoms with Gasteiger partial charge in [-0.3, -0.25) is 9.59 Å². The minimum atomic E-state index is -0.465. The Kier molecular flexibility index (Phi) is 9.07. The van der Waals surface area contributed by atoms with Crippen LogP contribution in [0, 0.1) is 9.49 Å². The zero-order valence-electron chi connectivity index (χ0n) is 19.6. The van der Waals surface area contributed by atoms with Gasteiger partial charge in [-0.05, 0) is 77.8 Å². The normalized spacial score (nSPS) is 14.5. The first-order valence-corrected chi connectivity index (χ1v) is 12.3. The van der Waals surface area contributed by atoms with Crippen molar-refractivity contribution in [3.05, 3.63) is 55.7 Å². The minimum Gasteiger partial charge on any atom is -0.493 e. The number of likely N-dealkylation sites (tertiary alicyclic amines) is 1. The maximum absolute atomic E-state index is 13.5. The minimum absolute atomic E-state index is 0.125. The number of rotatable bonds is 7. The topological polar surface area (TPSA) is 77.1 Å². The van der Waals surface area contributed by atoms with Crippen LogP contribution in [0.5, 0.6) is 17.2 Å². The van der Waals surface area contributed by atoms with Gasteiger partial charge in [0.25, 0.3) is 11.8 Å². The van der Waals surface area contributed by atoms with Gasteiger partial charge >= 0.3 is 0 Å². The highest BCUT2D eigenvalue weighted by Crippen LogP contribution is 2.40. The van der Waals surface area contributed by atoms with E-state index in [-0.39, 0.29) is 11.6 Å². The van der Waals surface area contributed by atoms with Crippen LogP contribution in [0.15, 0.2) is 36.0 Å². The lowest BCUT2D eigenvalue weighted by Gasteiger charge is -2.31. The van der Waals surface area contributed by atoms with E-state index in [1.807, 2.05) is 6.07 Å². The predicted molar refractivity (Wildman–Crippen MR) is 141 cm³/mol. The number of nitrogens with one attached hydrogen (secondary N) is 1. The number of nitrogens with zero attached hydrogens (tertiary/aromatic N) is 1. The van der Waals surface area contributed by atoms with Crippen LogP contribution in [0.2, 0.25) is 5.02 Å². The maximum atomic E-state index is 13.5. The van der Waals surface area contributed by atoms with E-state index in [1.54, 1.807) is 35.2 Å². The fourth-order valence-electron chi connectivity index (χ4n) is 3.79. The molecule has 0 spiro atoms. The molecule has 34 heavy (non-hydrogen) atoms. The predicted octanol–water partition coefficient (Wildman–Crippen LogP) is 5.00. The third-order valence-corrected chi connectivity index (χ3v) is 6.76. The van der Waals surface area contributed by atoms with Gasteiger partial charge in [0.1, 0.15) is 5.70 Å². The van der Waals surface area contributed by atoms with E-state index in [2.05, 4.69) is 34.8 Å². The Morgan fingerprint density at radius 3 is 2.35 bits per heavy atom. The Morgan fingerprint density at radius 1 is 1.06 bits per heavy atom. The van der Waals surface area contributed by atoms with Crippen molar-refractivity contribution >= 4 is 52.1 Å². The van der Waals surface area contributed by atoms with Gasteiger partial charge < -0.3 is 24.4 Å². The molecule has 3 rings (SSSR count). The van der Waals surface area contributed by atoms with Gasteiger partial charge in [-0.25, -0.2) is 0 Å². The fraction of sp³-hybridized carbons (Fsp3) is 0.360. The highest BCUT2D eigenvalue weighted by atomic mass is 127. The van der Waals surface area contributed by atoms with Gasteiger partial charge in [0.15, 0.2) is 11.5 Å². The molecule has 9 heteroatoms. The van der Waals surface area contributed by atoms with Crippen LogP contribution in [0.1, 0.15) is 35.7 Å². The standard InChI is InChI=1S/C25H28ClIN2O5/c1-15-9-11-29(12-10-15)25(31)20(28-24(30)18-14-17(27)6-7-19(18)26)13-16-5-8-21(32-2)23(34-4)22(16)33-3/h5-8,13-15H,9-12H2,1-4H3,(H,28,30). The van der Waals surface area contributed by atoms with Gasteiger partial charge in [0.2, 0.25) is 5.75 Å². The molecule has 1 aliphatic heterocycles. The Balaban J connectivity index is 2.04. The molecule has 1 N–H and O–H groups in total. The molecule has 7 nitrogen and oxygen atoms in total. The first-order chi connectivity index (χ1) is 16.3.